The molecule has 0 spiro atoms. The van der Waals surface area contributed by atoms with E-state index in [1.165, 1.54) is 24.3 Å². The smallest absolute Gasteiger partial charge is 0.335 e. The predicted molar refractivity (Wildman–Crippen MR) is 64.8 cm³/mol. The number of benzene rings is 1. The number of aliphatic hydroxyl groups is 3. The van der Waals surface area contributed by atoms with Gasteiger partial charge in [-0.3, -0.25) is 0 Å². The Balaban J connectivity index is 2.03. The first-order chi connectivity index (χ1) is 8.99. The molecular formula is C12H15NO6. The molecule has 7 nitrogen and oxygen atoms in total. The SMILES string of the molecule is O=C(O)c1ccc(N[C@@H]2OC[C@H](O)[C@H](O)C2O)cc1. The van der Waals surface area contributed by atoms with Crippen molar-refractivity contribution in [3.05, 3.63) is 29.8 Å². The third-order valence-electron chi connectivity index (χ3n) is 2.94. The molecule has 1 saturated heterocycles. The number of rotatable bonds is 3. The first kappa shape index (κ1) is 13.8. The lowest BCUT2D eigenvalue weighted by Gasteiger charge is -2.35. The van der Waals surface area contributed by atoms with E-state index in [1.807, 2.05) is 0 Å². The van der Waals surface area contributed by atoms with Gasteiger partial charge in [-0.05, 0) is 24.3 Å². The zero-order valence-corrected chi connectivity index (χ0v) is 9.93. The van der Waals surface area contributed by atoms with Crippen molar-refractivity contribution in [2.75, 3.05) is 11.9 Å². The first-order valence-electron chi connectivity index (χ1n) is 5.74. The van der Waals surface area contributed by atoms with E-state index in [4.69, 9.17) is 9.84 Å². The van der Waals surface area contributed by atoms with E-state index in [9.17, 15) is 20.1 Å². The fourth-order valence-corrected chi connectivity index (χ4v) is 1.81. The van der Waals surface area contributed by atoms with Crippen LogP contribution in [0.5, 0.6) is 0 Å². The highest BCUT2D eigenvalue weighted by Gasteiger charge is 2.37. The van der Waals surface area contributed by atoms with E-state index in [1.54, 1.807) is 0 Å². The van der Waals surface area contributed by atoms with Crippen molar-refractivity contribution in [1.82, 2.24) is 0 Å². The molecular weight excluding hydrogens is 254 g/mol. The molecule has 1 aliphatic rings. The number of carboxylic acid groups (broad SMARTS) is 1. The van der Waals surface area contributed by atoms with Gasteiger partial charge in [0.25, 0.3) is 0 Å². The van der Waals surface area contributed by atoms with Gasteiger partial charge in [-0.2, -0.15) is 0 Å². The molecule has 4 atom stereocenters. The van der Waals surface area contributed by atoms with Crippen molar-refractivity contribution < 1.29 is 30.0 Å². The number of aromatic carboxylic acids is 1. The van der Waals surface area contributed by atoms with Crippen LogP contribution in [0.4, 0.5) is 5.69 Å². The molecule has 2 rings (SSSR count). The Bertz CT molecular complexity index is 448. The van der Waals surface area contributed by atoms with Crippen molar-refractivity contribution in [1.29, 1.82) is 0 Å². The minimum atomic E-state index is -1.29. The van der Waals surface area contributed by atoms with Gasteiger partial charge >= 0.3 is 5.97 Å². The molecule has 7 heteroatoms. The van der Waals surface area contributed by atoms with Gasteiger partial charge in [0.15, 0.2) is 6.23 Å². The molecule has 1 fully saturated rings. The third-order valence-corrected chi connectivity index (χ3v) is 2.94. The second-order valence-corrected chi connectivity index (χ2v) is 4.33. The monoisotopic (exact) mass is 269 g/mol. The van der Waals surface area contributed by atoms with Gasteiger partial charge in [-0.1, -0.05) is 0 Å². The van der Waals surface area contributed by atoms with E-state index in [2.05, 4.69) is 5.32 Å². The number of carboxylic acids is 1. The fourth-order valence-electron chi connectivity index (χ4n) is 1.81. The van der Waals surface area contributed by atoms with E-state index in [0.29, 0.717) is 5.69 Å². The lowest BCUT2D eigenvalue weighted by molar-refractivity contribution is -0.178. The highest BCUT2D eigenvalue weighted by atomic mass is 16.5. The molecule has 1 heterocycles. The number of carbonyl (C=O) groups is 1. The van der Waals surface area contributed by atoms with Crippen LogP contribution < -0.4 is 5.32 Å². The summed E-state index contributed by atoms with van der Waals surface area (Å²) in [6.45, 7) is -0.0941. The minimum Gasteiger partial charge on any atom is -0.478 e. The summed E-state index contributed by atoms with van der Waals surface area (Å²) in [6.07, 6.45) is -4.55. The largest absolute Gasteiger partial charge is 0.478 e. The molecule has 0 amide bonds. The summed E-state index contributed by atoms with van der Waals surface area (Å²) in [6, 6.07) is 5.87. The molecule has 1 aromatic carbocycles. The molecule has 5 N–H and O–H groups in total. The maximum Gasteiger partial charge on any atom is 0.335 e. The van der Waals surface area contributed by atoms with Gasteiger partial charge in [0.1, 0.15) is 18.3 Å². The zero-order chi connectivity index (χ0) is 14.0. The van der Waals surface area contributed by atoms with Crippen LogP contribution >= 0.6 is 0 Å². The number of ether oxygens (including phenoxy) is 1. The van der Waals surface area contributed by atoms with Gasteiger partial charge in [-0.25, -0.2) is 4.79 Å². The fraction of sp³-hybridized carbons (Fsp3) is 0.417. The van der Waals surface area contributed by atoms with Crippen LogP contribution in [0.2, 0.25) is 0 Å². The maximum absolute atomic E-state index is 10.7. The summed E-state index contributed by atoms with van der Waals surface area (Å²) < 4.78 is 5.17. The molecule has 0 radical (unpaired) electrons. The van der Waals surface area contributed by atoms with Gasteiger partial charge in [0.05, 0.1) is 12.2 Å². The Morgan fingerprint density at radius 1 is 1.16 bits per heavy atom. The quantitative estimate of drug-likeness (QED) is 0.489. The number of aliphatic hydroxyl groups excluding tert-OH is 3. The van der Waals surface area contributed by atoms with E-state index in [-0.39, 0.29) is 12.2 Å². The molecule has 1 aliphatic heterocycles. The Morgan fingerprint density at radius 2 is 1.79 bits per heavy atom. The van der Waals surface area contributed by atoms with Crippen molar-refractivity contribution in [2.45, 2.75) is 24.5 Å². The van der Waals surface area contributed by atoms with Crippen LogP contribution in [-0.4, -0.2) is 57.5 Å². The highest BCUT2D eigenvalue weighted by Crippen LogP contribution is 2.19. The molecule has 1 aromatic rings. The lowest BCUT2D eigenvalue weighted by atomic mass is 10.0. The maximum atomic E-state index is 10.7. The lowest BCUT2D eigenvalue weighted by Crippen LogP contribution is -2.55. The van der Waals surface area contributed by atoms with Gasteiger partial charge in [-0.15, -0.1) is 0 Å². The first-order valence-corrected chi connectivity index (χ1v) is 5.74. The van der Waals surface area contributed by atoms with Crippen LogP contribution in [0.3, 0.4) is 0 Å². The van der Waals surface area contributed by atoms with Gasteiger partial charge < -0.3 is 30.5 Å². The summed E-state index contributed by atoms with van der Waals surface area (Å²) in [5.74, 6) is -1.03. The van der Waals surface area contributed by atoms with Gasteiger partial charge in [0.2, 0.25) is 0 Å². The van der Waals surface area contributed by atoms with Crippen molar-refractivity contribution in [2.24, 2.45) is 0 Å². The van der Waals surface area contributed by atoms with Crippen LogP contribution in [0.15, 0.2) is 24.3 Å². The average Bonchev–Trinajstić information content (AvgIpc) is 2.40. The molecule has 0 bridgehead atoms. The number of hydrogen-bond acceptors (Lipinski definition) is 6. The molecule has 19 heavy (non-hydrogen) atoms. The standard InChI is InChI=1S/C12H15NO6/c14-8-5-19-11(10(16)9(8)15)13-7-3-1-6(2-4-7)12(17)18/h1-4,8-11,13-16H,5H2,(H,17,18)/t8-,9-,10?,11+/m0/s1. The number of hydrogen-bond donors (Lipinski definition) is 5. The van der Waals surface area contributed by atoms with Crippen molar-refractivity contribution >= 4 is 11.7 Å². The highest BCUT2D eigenvalue weighted by molar-refractivity contribution is 5.87. The third kappa shape index (κ3) is 3.02. The predicted octanol–water partition coefficient (Wildman–Crippen LogP) is -0.764. The van der Waals surface area contributed by atoms with E-state index >= 15 is 0 Å². The summed E-state index contributed by atoms with van der Waals surface area (Å²) in [7, 11) is 0. The summed E-state index contributed by atoms with van der Waals surface area (Å²) in [4.78, 5) is 10.7. The average molecular weight is 269 g/mol. The van der Waals surface area contributed by atoms with Crippen LogP contribution in [0.25, 0.3) is 0 Å². The second kappa shape index (κ2) is 5.54. The summed E-state index contributed by atoms with van der Waals surface area (Å²) >= 11 is 0. The topological polar surface area (TPSA) is 119 Å². The molecule has 1 unspecified atom stereocenters. The summed E-state index contributed by atoms with van der Waals surface area (Å²) in [5.41, 5.74) is 0.684. The van der Waals surface area contributed by atoms with Gasteiger partial charge in [0, 0.05) is 5.69 Å². The molecule has 0 saturated carbocycles. The van der Waals surface area contributed by atoms with Crippen LogP contribution in [-0.2, 0) is 4.74 Å². The summed E-state index contributed by atoms with van der Waals surface area (Å²) in [5, 5.41) is 40.1. The Hall–Kier alpha value is -1.67. The van der Waals surface area contributed by atoms with E-state index in [0.717, 1.165) is 0 Å². The number of nitrogens with one attached hydrogen (secondary N) is 1. The van der Waals surface area contributed by atoms with Crippen LogP contribution in [0.1, 0.15) is 10.4 Å². The molecule has 0 aromatic heterocycles. The molecule has 0 aliphatic carbocycles. The Morgan fingerprint density at radius 3 is 2.37 bits per heavy atom. The molecule has 104 valence electrons. The Kier molecular flexibility index (Phi) is 4.01. The Labute approximate surface area is 109 Å². The van der Waals surface area contributed by atoms with Crippen LogP contribution in [0, 0.1) is 0 Å². The minimum absolute atomic E-state index is 0.0941. The zero-order valence-electron chi connectivity index (χ0n) is 9.93. The normalized spacial score (nSPS) is 30.9. The van der Waals surface area contributed by atoms with Crippen molar-refractivity contribution in [3.63, 3.8) is 0 Å². The second-order valence-electron chi connectivity index (χ2n) is 4.33. The van der Waals surface area contributed by atoms with E-state index < -0.39 is 30.5 Å². The van der Waals surface area contributed by atoms with Crippen molar-refractivity contribution in [3.8, 4) is 0 Å². The number of anilines is 1.